The lowest BCUT2D eigenvalue weighted by Crippen LogP contribution is -2.36. The van der Waals surface area contributed by atoms with Gasteiger partial charge in [-0.2, -0.15) is 0 Å². The summed E-state index contributed by atoms with van der Waals surface area (Å²) in [6.07, 6.45) is 7.30. The average Bonchev–Trinajstić information content (AvgIpc) is 2.24. The van der Waals surface area contributed by atoms with Gasteiger partial charge in [0.05, 0.1) is 17.8 Å². The highest BCUT2D eigenvalue weighted by atomic mass is 16.3. The van der Waals surface area contributed by atoms with Gasteiger partial charge < -0.3 is 10.4 Å². The molecule has 0 radical (unpaired) electrons. The van der Waals surface area contributed by atoms with Gasteiger partial charge >= 0.3 is 0 Å². The zero-order valence-electron chi connectivity index (χ0n) is 8.98. The van der Waals surface area contributed by atoms with Gasteiger partial charge in [-0.3, -0.25) is 4.98 Å². The highest BCUT2D eigenvalue weighted by Gasteiger charge is 2.23. The molecule has 1 aromatic rings. The second-order valence-electron chi connectivity index (χ2n) is 4.09. The monoisotopic (exact) mass is 207 g/mol. The fraction of sp³-hybridized carbons (Fsp3) is 0.636. The Balaban J connectivity index is 2.04. The van der Waals surface area contributed by atoms with Crippen LogP contribution in [-0.4, -0.2) is 27.2 Å². The van der Waals surface area contributed by atoms with Gasteiger partial charge in [0.2, 0.25) is 0 Å². The molecule has 0 saturated heterocycles. The minimum Gasteiger partial charge on any atom is -0.391 e. The normalized spacial score (nSPS) is 26.3. The number of hydrogen-bond donors (Lipinski definition) is 2. The van der Waals surface area contributed by atoms with Gasteiger partial charge in [-0.05, 0) is 19.8 Å². The van der Waals surface area contributed by atoms with Crippen LogP contribution >= 0.6 is 0 Å². The van der Waals surface area contributed by atoms with Gasteiger partial charge in [0, 0.05) is 12.4 Å². The van der Waals surface area contributed by atoms with Crippen LogP contribution in [0.25, 0.3) is 0 Å². The van der Waals surface area contributed by atoms with Crippen molar-refractivity contribution < 1.29 is 5.11 Å². The number of rotatable bonds is 2. The van der Waals surface area contributed by atoms with Gasteiger partial charge in [0.15, 0.2) is 0 Å². The summed E-state index contributed by atoms with van der Waals surface area (Å²) >= 11 is 0. The molecular formula is C11H17N3O. The topological polar surface area (TPSA) is 58.0 Å². The average molecular weight is 207 g/mol. The third kappa shape index (κ3) is 2.45. The molecule has 0 spiro atoms. The summed E-state index contributed by atoms with van der Waals surface area (Å²) in [6.45, 7) is 1.92. The van der Waals surface area contributed by atoms with E-state index in [1.165, 1.54) is 6.42 Å². The lowest BCUT2D eigenvalue weighted by Gasteiger charge is -2.28. The predicted molar refractivity (Wildman–Crippen MR) is 58.7 cm³/mol. The third-order valence-corrected chi connectivity index (χ3v) is 2.93. The molecule has 0 aromatic carbocycles. The first-order chi connectivity index (χ1) is 7.27. The quantitative estimate of drug-likeness (QED) is 0.771. The van der Waals surface area contributed by atoms with Crippen molar-refractivity contribution in [3.8, 4) is 0 Å². The van der Waals surface area contributed by atoms with Gasteiger partial charge in [-0.1, -0.05) is 12.8 Å². The van der Waals surface area contributed by atoms with Crippen molar-refractivity contribution in [2.24, 2.45) is 0 Å². The fourth-order valence-electron chi connectivity index (χ4n) is 2.00. The minimum atomic E-state index is -0.250. The van der Waals surface area contributed by atoms with E-state index in [0.717, 1.165) is 30.8 Å². The number of aliphatic hydroxyl groups is 1. The lowest BCUT2D eigenvalue weighted by molar-refractivity contribution is 0.116. The van der Waals surface area contributed by atoms with Crippen molar-refractivity contribution in [2.45, 2.75) is 44.8 Å². The van der Waals surface area contributed by atoms with Gasteiger partial charge in [-0.25, -0.2) is 4.98 Å². The smallest absolute Gasteiger partial charge is 0.147 e. The molecule has 2 N–H and O–H groups in total. The Morgan fingerprint density at radius 3 is 2.73 bits per heavy atom. The number of hydrogen-bond acceptors (Lipinski definition) is 4. The van der Waals surface area contributed by atoms with Crippen LogP contribution in [0.15, 0.2) is 12.4 Å². The van der Waals surface area contributed by atoms with Crippen LogP contribution in [0.4, 0.5) is 5.82 Å². The summed E-state index contributed by atoms with van der Waals surface area (Å²) in [5.74, 6) is 0.795. The van der Waals surface area contributed by atoms with E-state index in [1.807, 2.05) is 6.92 Å². The maximum Gasteiger partial charge on any atom is 0.147 e. The molecule has 2 rings (SSSR count). The molecule has 0 aliphatic heterocycles. The molecule has 1 saturated carbocycles. The number of nitrogens with zero attached hydrogens (tertiary/aromatic N) is 2. The first-order valence-electron chi connectivity index (χ1n) is 5.49. The van der Waals surface area contributed by atoms with Crippen molar-refractivity contribution >= 4 is 5.82 Å². The summed E-state index contributed by atoms with van der Waals surface area (Å²) in [4.78, 5) is 8.39. The van der Waals surface area contributed by atoms with Crippen LogP contribution in [0.3, 0.4) is 0 Å². The molecule has 1 aromatic heterocycles. The van der Waals surface area contributed by atoms with E-state index in [2.05, 4.69) is 15.3 Å². The highest BCUT2D eigenvalue weighted by molar-refractivity contribution is 5.39. The van der Waals surface area contributed by atoms with Crippen molar-refractivity contribution in [1.29, 1.82) is 0 Å². The Bertz CT molecular complexity index is 329. The number of aryl methyl sites for hydroxylation is 1. The van der Waals surface area contributed by atoms with E-state index in [-0.39, 0.29) is 12.1 Å². The number of aromatic nitrogens is 2. The molecule has 15 heavy (non-hydrogen) atoms. The maximum absolute atomic E-state index is 9.81. The Morgan fingerprint density at radius 1 is 1.27 bits per heavy atom. The number of aliphatic hydroxyl groups excluding tert-OH is 1. The molecule has 0 bridgehead atoms. The zero-order valence-corrected chi connectivity index (χ0v) is 8.98. The highest BCUT2D eigenvalue weighted by Crippen LogP contribution is 2.21. The molecule has 2 atom stereocenters. The lowest BCUT2D eigenvalue weighted by atomic mass is 9.92. The van der Waals surface area contributed by atoms with Crippen LogP contribution in [-0.2, 0) is 0 Å². The molecular weight excluding hydrogens is 190 g/mol. The first-order valence-corrected chi connectivity index (χ1v) is 5.49. The standard InChI is InChI=1S/C11H17N3O/c1-8-11(13-7-6-12-8)14-9-4-2-3-5-10(9)15/h6-7,9-10,15H,2-5H2,1H3,(H,13,14). The van der Waals surface area contributed by atoms with E-state index in [4.69, 9.17) is 0 Å². The van der Waals surface area contributed by atoms with Crippen LogP contribution in [0.1, 0.15) is 31.4 Å². The molecule has 82 valence electrons. The van der Waals surface area contributed by atoms with E-state index < -0.39 is 0 Å². The van der Waals surface area contributed by atoms with Gasteiger partial charge in [0.1, 0.15) is 5.82 Å². The van der Waals surface area contributed by atoms with Crippen LogP contribution < -0.4 is 5.32 Å². The molecule has 4 nitrogen and oxygen atoms in total. The van der Waals surface area contributed by atoms with E-state index in [1.54, 1.807) is 12.4 Å². The summed E-state index contributed by atoms with van der Waals surface area (Å²) in [7, 11) is 0. The molecule has 1 heterocycles. The fourth-order valence-corrected chi connectivity index (χ4v) is 2.00. The van der Waals surface area contributed by atoms with Crippen molar-refractivity contribution in [2.75, 3.05) is 5.32 Å². The largest absolute Gasteiger partial charge is 0.391 e. The third-order valence-electron chi connectivity index (χ3n) is 2.93. The Kier molecular flexibility index (Phi) is 3.16. The zero-order chi connectivity index (χ0) is 10.7. The summed E-state index contributed by atoms with van der Waals surface area (Å²) in [5, 5.41) is 13.1. The second kappa shape index (κ2) is 4.57. The van der Waals surface area contributed by atoms with Crippen molar-refractivity contribution in [3.05, 3.63) is 18.1 Å². The van der Waals surface area contributed by atoms with E-state index >= 15 is 0 Å². The van der Waals surface area contributed by atoms with Crippen LogP contribution in [0.2, 0.25) is 0 Å². The molecule has 4 heteroatoms. The molecule has 1 fully saturated rings. The van der Waals surface area contributed by atoms with Crippen LogP contribution in [0.5, 0.6) is 0 Å². The predicted octanol–water partition coefficient (Wildman–Crippen LogP) is 1.50. The Morgan fingerprint density at radius 2 is 2.00 bits per heavy atom. The van der Waals surface area contributed by atoms with Crippen molar-refractivity contribution in [3.63, 3.8) is 0 Å². The first kappa shape index (κ1) is 10.4. The molecule has 1 aliphatic carbocycles. The molecule has 1 aliphatic rings. The number of anilines is 1. The van der Waals surface area contributed by atoms with E-state index in [9.17, 15) is 5.11 Å². The van der Waals surface area contributed by atoms with Gasteiger partial charge in [0.25, 0.3) is 0 Å². The SMILES string of the molecule is Cc1nccnc1NC1CCCCC1O. The minimum absolute atomic E-state index is 0.133. The maximum atomic E-state index is 9.81. The summed E-state index contributed by atoms with van der Waals surface area (Å²) < 4.78 is 0. The second-order valence-corrected chi connectivity index (χ2v) is 4.09. The number of nitrogens with one attached hydrogen (secondary N) is 1. The summed E-state index contributed by atoms with van der Waals surface area (Å²) in [5.41, 5.74) is 0.885. The van der Waals surface area contributed by atoms with Crippen molar-refractivity contribution in [1.82, 2.24) is 9.97 Å². The van der Waals surface area contributed by atoms with Gasteiger partial charge in [-0.15, -0.1) is 0 Å². The molecule has 2 unspecified atom stereocenters. The van der Waals surface area contributed by atoms with Crippen LogP contribution in [0, 0.1) is 6.92 Å². The summed E-state index contributed by atoms with van der Waals surface area (Å²) in [6, 6.07) is 0.133. The Hall–Kier alpha value is -1.16. The van der Waals surface area contributed by atoms with E-state index in [0.29, 0.717) is 0 Å². The Labute approximate surface area is 89.8 Å². The molecule has 0 amide bonds.